The van der Waals surface area contributed by atoms with Crippen molar-refractivity contribution in [2.75, 3.05) is 17.2 Å². The molecule has 10 heteroatoms. The molecule has 3 aromatic heterocycles. The van der Waals surface area contributed by atoms with Gasteiger partial charge in [0.05, 0.1) is 18.7 Å². The molecule has 0 bridgehead atoms. The third-order valence-electron chi connectivity index (χ3n) is 4.88. The van der Waals surface area contributed by atoms with Gasteiger partial charge in [-0.25, -0.2) is 14.8 Å². The summed E-state index contributed by atoms with van der Waals surface area (Å²) >= 11 is 1.46. The number of nitrogens with zero attached hydrogens (tertiary/aromatic N) is 4. The second-order valence-electron chi connectivity index (χ2n) is 8.65. The van der Waals surface area contributed by atoms with Crippen LogP contribution in [-0.4, -0.2) is 38.4 Å². The summed E-state index contributed by atoms with van der Waals surface area (Å²) in [4.78, 5) is 33.6. The molecule has 2 amide bonds. The second kappa shape index (κ2) is 10.6. The Morgan fingerprint density at radius 2 is 1.94 bits per heavy atom. The summed E-state index contributed by atoms with van der Waals surface area (Å²) in [6.45, 7) is 8.34. The molecule has 0 atom stereocenters. The second-order valence-corrected chi connectivity index (χ2v) is 9.76. The molecule has 0 unspecified atom stereocenters. The Hall–Kier alpha value is -3.27. The van der Waals surface area contributed by atoms with Gasteiger partial charge in [0, 0.05) is 35.4 Å². The molecule has 0 fully saturated rings. The Bertz CT molecular complexity index is 1120. The Morgan fingerprint density at radius 1 is 1.15 bits per heavy atom. The average molecular weight is 471 g/mol. The van der Waals surface area contributed by atoms with Crippen molar-refractivity contribution in [2.45, 2.75) is 52.4 Å². The maximum atomic E-state index is 12.5. The van der Waals surface area contributed by atoms with Gasteiger partial charge in [-0.15, -0.1) is 11.3 Å². The lowest BCUT2D eigenvalue weighted by atomic mass is 9.92. The highest BCUT2D eigenvalue weighted by molar-refractivity contribution is 7.15. The van der Waals surface area contributed by atoms with Gasteiger partial charge >= 0.3 is 6.09 Å². The zero-order chi connectivity index (χ0) is 24.0. The van der Waals surface area contributed by atoms with Crippen molar-refractivity contribution in [1.29, 1.82) is 0 Å². The monoisotopic (exact) mass is 470 g/mol. The van der Waals surface area contributed by atoms with Gasteiger partial charge in [-0.1, -0.05) is 20.8 Å². The molecule has 3 aromatic rings. The number of hydrogen-bond acceptors (Lipinski definition) is 7. The van der Waals surface area contributed by atoms with Gasteiger partial charge in [-0.05, 0) is 43.5 Å². The van der Waals surface area contributed by atoms with Crippen molar-refractivity contribution in [1.82, 2.24) is 19.7 Å². The molecular weight excluding hydrogens is 440 g/mol. The molecule has 33 heavy (non-hydrogen) atoms. The summed E-state index contributed by atoms with van der Waals surface area (Å²) in [6, 6.07) is 5.70. The number of pyridine rings is 1. The van der Waals surface area contributed by atoms with Crippen LogP contribution in [0.1, 0.15) is 49.5 Å². The number of anilines is 2. The topological polar surface area (TPSA) is 111 Å². The third-order valence-corrected chi connectivity index (χ3v) is 5.85. The summed E-state index contributed by atoms with van der Waals surface area (Å²) in [7, 11) is 1.85. The van der Waals surface area contributed by atoms with Crippen LogP contribution in [0.4, 0.5) is 15.7 Å². The third kappa shape index (κ3) is 7.11. The molecule has 0 saturated carbocycles. The number of carbonyl (C=O) groups is 2. The van der Waals surface area contributed by atoms with Gasteiger partial charge in [0.1, 0.15) is 5.82 Å². The molecule has 0 aromatic carbocycles. The van der Waals surface area contributed by atoms with Crippen molar-refractivity contribution in [3.63, 3.8) is 0 Å². The Balaban J connectivity index is 1.53. The smallest absolute Gasteiger partial charge is 0.412 e. The van der Waals surface area contributed by atoms with E-state index < -0.39 is 6.09 Å². The largest absolute Gasteiger partial charge is 0.450 e. The molecular formula is C23H30N6O3S. The molecule has 0 aliphatic carbocycles. The molecule has 3 heterocycles. The molecule has 0 aliphatic heterocycles. The maximum Gasteiger partial charge on any atom is 0.412 e. The molecule has 0 radical (unpaired) electrons. The van der Waals surface area contributed by atoms with Crippen molar-refractivity contribution >= 4 is 34.3 Å². The van der Waals surface area contributed by atoms with Gasteiger partial charge in [0.2, 0.25) is 5.91 Å². The fourth-order valence-corrected chi connectivity index (χ4v) is 3.91. The number of aromatic nitrogens is 4. The fourth-order valence-electron chi connectivity index (χ4n) is 3.08. The van der Waals surface area contributed by atoms with Gasteiger partial charge in [-0.3, -0.25) is 14.8 Å². The lowest BCUT2D eigenvalue weighted by Gasteiger charge is -2.13. The number of carbonyl (C=O) groups excluding carboxylic acids is 2. The summed E-state index contributed by atoms with van der Waals surface area (Å²) in [5.41, 5.74) is 2.78. The van der Waals surface area contributed by atoms with E-state index in [1.54, 1.807) is 24.0 Å². The number of aryl methyl sites for hydroxylation is 3. The van der Waals surface area contributed by atoms with E-state index in [9.17, 15) is 9.59 Å². The van der Waals surface area contributed by atoms with E-state index in [0.717, 1.165) is 34.7 Å². The maximum absolute atomic E-state index is 12.5. The molecule has 9 nitrogen and oxygen atoms in total. The van der Waals surface area contributed by atoms with E-state index >= 15 is 0 Å². The first-order valence-corrected chi connectivity index (χ1v) is 11.6. The number of nitrogens with one attached hydrogen (secondary N) is 2. The van der Waals surface area contributed by atoms with E-state index in [1.807, 2.05) is 25.2 Å². The van der Waals surface area contributed by atoms with Crippen LogP contribution in [-0.2, 0) is 41.3 Å². The van der Waals surface area contributed by atoms with Crippen molar-refractivity contribution < 1.29 is 14.3 Å². The molecule has 3 rings (SSSR count). The summed E-state index contributed by atoms with van der Waals surface area (Å²) < 4.78 is 6.63. The summed E-state index contributed by atoms with van der Waals surface area (Å²) in [5.74, 6) is 0.330. The van der Waals surface area contributed by atoms with Crippen molar-refractivity contribution in [3.05, 3.63) is 52.4 Å². The normalized spacial score (nSPS) is 11.3. The summed E-state index contributed by atoms with van der Waals surface area (Å²) in [6.07, 6.45) is 4.65. The highest BCUT2D eigenvalue weighted by Gasteiger charge is 2.20. The minimum Gasteiger partial charge on any atom is -0.450 e. The molecule has 0 spiro atoms. The standard InChI is InChI=1S/C23H30N6O3S/c1-6-32-22(31)26-19-11-15(9-10-24-19)7-8-17-14-25-21(33-17)27-20(30)13-16-12-18(23(2,3)4)28-29(16)5/h9-12,14H,6-8,13H2,1-5H3,(H,24,26,31)(H,25,27,30). The van der Waals surface area contributed by atoms with Gasteiger partial charge in [-0.2, -0.15) is 5.10 Å². The van der Waals surface area contributed by atoms with Crippen LogP contribution in [0.5, 0.6) is 0 Å². The first-order chi connectivity index (χ1) is 15.6. The highest BCUT2D eigenvalue weighted by atomic mass is 32.1. The number of rotatable bonds is 8. The van der Waals surface area contributed by atoms with E-state index in [4.69, 9.17) is 4.74 Å². The number of ether oxygens (including phenoxy) is 1. The van der Waals surface area contributed by atoms with Gasteiger partial charge < -0.3 is 10.1 Å². The van der Waals surface area contributed by atoms with E-state index in [2.05, 4.69) is 46.5 Å². The van der Waals surface area contributed by atoms with Crippen LogP contribution < -0.4 is 10.6 Å². The first kappa shape index (κ1) is 24.4. The fraction of sp³-hybridized carbons (Fsp3) is 0.435. The number of hydrogen-bond donors (Lipinski definition) is 2. The number of thiazole rings is 1. The number of amides is 2. The molecule has 0 saturated heterocycles. The molecule has 176 valence electrons. The van der Waals surface area contributed by atoms with Crippen LogP contribution >= 0.6 is 11.3 Å². The minimum absolute atomic E-state index is 0.0683. The van der Waals surface area contributed by atoms with Crippen LogP contribution in [0.15, 0.2) is 30.6 Å². The van der Waals surface area contributed by atoms with Gasteiger partial charge in [0.15, 0.2) is 5.13 Å². The van der Waals surface area contributed by atoms with E-state index in [0.29, 0.717) is 17.6 Å². The first-order valence-electron chi connectivity index (χ1n) is 10.8. The average Bonchev–Trinajstić information content (AvgIpc) is 3.33. The van der Waals surface area contributed by atoms with E-state index in [1.165, 1.54) is 11.3 Å². The lowest BCUT2D eigenvalue weighted by molar-refractivity contribution is -0.115. The van der Waals surface area contributed by atoms with E-state index in [-0.39, 0.29) is 17.7 Å². The van der Waals surface area contributed by atoms with Crippen molar-refractivity contribution in [2.24, 2.45) is 7.05 Å². The minimum atomic E-state index is -0.522. The Labute approximate surface area is 197 Å². The van der Waals surface area contributed by atoms with Crippen LogP contribution in [0.25, 0.3) is 0 Å². The van der Waals surface area contributed by atoms with Crippen LogP contribution in [0.2, 0.25) is 0 Å². The molecule has 2 N–H and O–H groups in total. The van der Waals surface area contributed by atoms with Crippen molar-refractivity contribution in [3.8, 4) is 0 Å². The van der Waals surface area contributed by atoms with Gasteiger partial charge in [0.25, 0.3) is 0 Å². The zero-order valence-electron chi connectivity index (χ0n) is 19.6. The van der Waals surface area contributed by atoms with Crippen LogP contribution in [0, 0.1) is 0 Å². The molecule has 0 aliphatic rings. The SMILES string of the molecule is CCOC(=O)Nc1cc(CCc2cnc(NC(=O)Cc3cc(C(C)(C)C)nn3C)s2)ccn1. The zero-order valence-corrected chi connectivity index (χ0v) is 20.5. The highest BCUT2D eigenvalue weighted by Crippen LogP contribution is 2.23. The Kier molecular flexibility index (Phi) is 7.80. The predicted octanol–water partition coefficient (Wildman–Crippen LogP) is 4.10. The lowest BCUT2D eigenvalue weighted by Crippen LogP contribution is -2.16. The quantitative estimate of drug-likeness (QED) is 0.513. The Morgan fingerprint density at radius 3 is 2.64 bits per heavy atom. The summed E-state index contributed by atoms with van der Waals surface area (Å²) in [5, 5.41) is 10.6. The van der Waals surface area contributed by atoms with Crippen LogP contribution in [0.3, 0.4) is 0 Å². The predicted molar refractivity (Wildman–Crippen MR) is 129 cm³/mol.